The summed E-state index contributed by atoms with van der Waals surface area (Å²) >= 11 is 0. The Morgan fingerprint density at radius 3 is 2.71 bits per heavy atom. The molecule has 0 aromatic heterocycles. The zero-order valence-corrected chi connectivity index (χ0v) is 10.5. The number of hydrogen-bond donors (Lipinski definition) is 1. The van der Waals surface area contributed by atoms with Crippen LogP contribution in [0.5, 0.6) is 0 Å². The minimum absolute atomic E-state index is 0.269. The number of nitrogens with one attached hydrogen (secondary N) is 1. The Balaban J connectivity index is 2.22. The second-order valence-electron chi connectivity index (χ2n) is 4.67. The maximum absolute atomic E-state index is 11.7. The van der Waals surface area contributed by atoms with Crippen LogP contribution in [0.25, 0.3) is 0 Å². The van der Waals surface area contributed by atoms with Crippen LogP contribution in [0, 0.1) is 6.92 Å². The van der Waals surface area contributed by atoms with Crippen molar-refractivity contribution in [2.45, 2.75) is 38.6 Å². The van der Waals surface area contributed by atoms with Crippen LogP contribution < -0.4 is 5.32 Å². The molecule has 1 aromatic carbocycles. The molecule has 3 nitrogen and oxygen atoms in total. The minimum Gasteiger partial charge on any atom is -0.465 e. The molecule has 0 amide bonds. The predicted octanol–water partition coefficient (Wildman–Crippen LogP) is 3.14. The predicted molar refractivity (Wildman–Crippen MR) is 68.4 cm³/mol. The van der Waals surface area contributed by atoms with Gasteiger partial charge in [-0.15, -0.1) is 0 Å². The second-order valence-corrected chi connectivity index (χ2v) is 4.67. The monoisotopic (exact) mass is 233 g/mol. The van der Waals surface area contributed by atoms with Gasteiger partial charge in [0.15, 0.2) is 0 Å². The van der Waals surface area contributed by atoms with E-state index in [4.69, 9.17) is 4.74 Å². The molecule has 0 bridgehead atoms. The van der Waals surface area contributed by atoms with E-state index in [1.165, 1.54) is 32.8 Å². The van der Waals surface area contributed by atoms with Crippen molar-refractivity contribution in [3.05, 3.63) is 29.3 Å². The van der Waals surface area contributed by atoms with Crippen molar-refractivity contribution in [3.63, 3.8) is 0 Å². The van der Waals surface area contributed by atoms with E-state index in [0.29, 0.717) is 11.6 Å². The SMILES string of the molecule is COC(=O)c1cc(C)ccc1NC1CCCC1. The molecule has 0 unspecified atom stereocenters. The molecule has 1 saturated carbocycles. The van der Waals surface area contributed by atoms with Crippen LogP contribution in [0.3, 0.4) is 0 Å². The van der Waals surface area contributed by atoms with Gasteiger partial charge in [-0.25, -0.2) is 4.79 Å². The van der Waals surface area contributed by atoms with Crippen molar-refractivity contribution >= 4 is 11.7 Å². The molecule has 0 saturated heterocycles. The Bertz CT molecular complexity index is 409. The van der Waals surface area contributed by atoms with Gasteiger partial charge in [-0.05, 0) is 31.9 Å². The fourth-order valence-corrected chi connectivity index (χ4v) is 2.35. The second kappa shape index (κ2) is 5.21. The number of anilines is 1. The topological polar surface area (TPSA) is 38.3 Å². The number of rotatable bonds is 3. The summed E-state index contributed by atoms with van der Waals surface area (Å²) in [6.45, 7) is 1.98. The number of ether oxygens (including phenoxy) is 1. The smallest absolute Gasteiger partial charge is 0.339 e. The molecule has 3 heteroatoms. The molecule has 1 aliphatic carbocycles. The van der Waals surface area contributed by atoms with E-state index in [1.807, 2.05) is 25.1 Å². The molecule has 0 atom stereocenters. The van der Waals surface area contributed by atoms with Crippen LogP contribution in [-0.4, -0.2) is 19.1 Å². The van der Waals surface area contributed by atoms with Crippen LogP contribution in [0.2, 0.25) is 0 Å². The summed E-state index contributed by atoms with van der Waals surface area (Å²) in [6.07, 6.45) is 4.93. The van der Waals surface area contributed by atoms with Crippen molar-refractivity contribution in [3.8, 4) is 0 Å². The fraction of sp³-hybridized carbons (Fsp3) is 0.500. The van der Waals surface area contributed by atoms with Crippen LogP contribution in [0.4, 0.5) is 5.69 Å². The van der Waals surface area contributed by atoms with Gasteiger partial charge in [0.25, 0.3) is 0 Å². The standard InChI is InChI=1S/C14H19NO2/c1-10-7-8-13(12(9-10)14(16)17-2)15-11-5-3-4-6-11/h7-9,11,15H,3-6H2,1-2H3. The maximum Gasteiger partial charge on any atom is 0.339 e. The molecular formula is C14H19NO2. The fourth-order valence-electron chi connectivity index (χ4n) is 2.35. The first kappa shape index (κ1) is 12.0. The van der Waals surface area contributed by atoms with Gasteiger partial charge < -0.3 is 10.1 Å². The lowest BCUT2D eigenvalue weighted by Gasteiger charge is -2.16. The van der Waals surface area contributed by atoms with Gasteiger partial charge in [-0.1, -0.05) is 24.5 Å². The van der Waals surface area contributed by atoms with E-state index >= 15 is 0 Å². The highest BCUT2D eigenvalue weighted by atomic mass is 16.5. The first-order chi connectivity index (χ1) is 8.20. The van der Waals surface area contributed by atoms with Gasteiger partial charge in [0.05, 0.1) is 12.7 Å². The summed E-state index contributed by atoms with van der Waals surface area (Å²) in [4.78, 5) is 11.7. The highest BCUT2D eigenvalue weighted by molar-refractivity contribution is 5.95. The number of benzene rings is 1. The lowest BCUT2D eigenvalue weighted by atomic mass is 10.1. The molecule has 0 aliphatic heterocycles. The molecule has 92 valence electrons. The third-order valence-electron chi connectivity index (χ3n) is 3.30. The number of esters is 1. The van der Waals surface area contributed by atoms with E-state index < -0.39 is 0 Å². The van der Waals surface area contributed by atoms with E-state index in [-0.39, 0.29) is 5.97 Å². The van der Waals surface area contributed by atoms with E-state index in [1.54, 1.807) is 0 Å². The van der Waals surface area contributed by atoms with Gasteiger partial charge >= 0.3 is 5.97 Å². The van der Waals surface area contributed by atoms with Gasteiger partial charge in [-0.2, -0.15) is 0 Å². The third kappa shape index (κ3) is 2.78. The van der Waals surface area contributed by atoms with Gasteiger partial charge in [-0.3, -0.25) is 0 Å². The van der Waals surface area contributed by atoms with Crippen molar-refractivity contribution in [2.75, 3.05) is 12.4 Å². The summed E-state index contributed by atoms with van der Waals surface area (Å²) in [5.41, 5.74) is 2.61. The number of carbonyl (C=O) groups excluding carboxylic acids is 1. The lowest BCUT2D eigenvalue weighted by Crippen LogP contribution is -2.17. The van der Waals surface area contributed by atoms with Gasteiger partial charge in [0.1, 0.15) is 0 Å². The van der Waals surface area contributed by atoms with E-state index in [2.05, 4.69) is 5.32 Å². The maximum atomic E-state index is 11.7. The Morgan fingerprint density at radius 2 is 2.06 bits per heavy atom. The normalized spacial score (nSPS) is 15.9. The van der Waals surface area contributed by atoms with E-state index in [9.17, 15) is 4.79 Å². The zero-order chi connectivity index (χ0) is 12.3. The van der Waals surface area contributed by atoms with Gasteiger partial charge in [0.2, 0.25) is 0 Å². The number of carbonyl (C=O) groups is 1. The van der Waals surface area contributed by atoms with E-state index in [0.717, 1.165) is 11.3 Å². The molecule has 1 aliphatic rings. The van der Waals surface area contributed by atoms with Crippen LogP contribution in [0.1, 0.15) is 41.6 Å². The molecule has 0 spiro atoms. The number of methoxy groups -OCH3 is 1. The highest BCUT2D eigenvalue weighted by Gasteiger charge is 2.18. The Morgan fingerprint density at radius 1 is 1.35 bits per heavy atom. The first-order valence-corrected chi connectivity index (χ1v) is 6.16. The average molecular weight is 233 g/mol. The summed E-state index contributed by atoms with van der Waals surface area (Å²) in [7, 11) is 1.42. The minimum atomic E-state index is -0.269. The average Bonchev–Trinajstić information content (AvgIpc) is 2.83. The molecule has 2 rings (SSSR count). The summed E-state index contributed by atoms with van der Waals surface area (Å²) in [5, 5.41) is 3.45. The third-order valence-corrected chi connectivity index (χ3v) is 3.30. The Hall–Kier alpha value is -1.51. The van der Waals surface area contributed by atoms with Gasteiger partial charge in [0, 0.05) is 11.7 Å². The van der Waals surface area contributed by atoms with Crippen molar-refractivity contribution in [1.82, 2.24) is 0 Å². The first-order valence-electron chi connectivity index (χ1n) is 6.16. The lowest BCUT2D eigenvalue weighted by molar-refractivity contribution is 0.0601. The zero-order valence-electron chi connectivity index (χ0n) is 10.5. The highest BCUT2D eigenvalue weighted by Crippen LogP contribution is 2.25. The van der Waals surface area contributed by atoms with Crippen LogP contribution >= 0.6 is 0 Å². The summed E-state index contributed by atoms with van der Waals surface area (Å²) < 4.78 is 4.82. The van der Waals surface area contributed by atoms with Crippen molar-refractivity contribution in [2.24, 2.45) is 0 Å². The molecule has 0 radical (unpaired) electrons. The largest absolute Gasteiger partial charge is 0.465 e. The molecule has 1 aromatic rings. The summed E-state index contributed by atoms with van der Waals surface area (Å²) in [5.74, 6) is -0.269. The van der Waals surface area contributed by atoms with Crippen LogP contribution in [-0.2, 0) is 4.74 Å². The Kier molecular flexibility index (Phi) is 3.67. The van der Waals surface area contributed by atoms with Crippen molar-refractivity contribution < 1.29 is 9.53 Å². The Labute approximate surface area is 102 Å². The molecule has 0 heterocycles. The number of hydrogen-bond acceptors (Lipinski definition) is 3. The van der Waals surface area contributed by atoms with Crippen molar-refractivity contribution in [1.29, 1.82) is 0 Å². The number of aryl methyl sites for hydroxylation is 1. The molecule has 17 heavy (non-hydrogen) atoms. The molecule has 1 fully saturated rings. The van der Waals surface area contributed by atoms with Crippen LogP contribution in [0.15, 0.2) is 18.2 Å². The molecular weight excluding hydrogens is 214 g/mol. The summed E-state index contributed by atoms with van der Waals surface area (Å²) in [6, 6.07) is 6.37. The quantitative estimate of drug-likeness (QED) is 0.815. The molecule has 1 N–H and O–H groups in total.